The Labute approximate surface area is 77.5 Å². The normalized spacial score (nSPS) is 12.2. The van der Waals surface area contributed by atoms with Gasteiger partial charge in [-0.3, -0.25) is 4.79 Å². The van der Waals surface area contributed by atoms with Crippen LogP contribution in [0.4, 0.5) is 0 Å². The molecule has 70 valence electrons. The van der Waals surface area contributed by atoms with Gasteiger partial charge in [-0.05, 0) is 5.56 Å². The van der Waals surface area contributed by atoms with E-state index in [9.17, 15) is 4.79 Å². The van der Waals surface area contributed by atoms with Gasteiger partial charge in [0, 0.05) is 6.92 Å². The molecule has 1 aromatic carbocycles. The summed E-state index contributed by atoms with van der Waals surface area (Å²) in [5.74, 6) is -0.300. The SMILES string of the molecule is CC(=O)OC[C@@H](N)c1ccccc1. The molecule has 0 aliphatic carbocycles. The molecule has 3 nitrogen and oxygen atoms in total. The Balaban J connectivity index is 2.49. The minimum Gasteiger partial charge on any atom is -0.464 e. The second kappa shape index (κ2) is 4.62. The summed E-state index contributed by atoms with van der Waals surface area (Å²) in [5.41, 5.74) is 6.74. The highest BCUT2D eigenvalue weighted by atomic mass is 16.5. The fourth-order valence-corrected chi connectivity index (χ4v) is 1.00. The first-order valence-electron chi connectivity index (χ1n) is 4.14. The van der Waals surface area contributed by atoms with E-state index in [0.29, 0.717) is 0 Å². The van der Waals surface area contributed by atoms with Gasteiger partial charge in [-0.1, -0.05) is 30.3 Å². The smallest absolute Gasteiger partial charge is 0.302 e. The van der Waals surface area contributed by atoms with Crippen molar-refractivity contribution in [3.63, 3.8) is 0 Å². The zero-order valence-electron chi connectivity index (χ0n) is 7.57. The minimum absolute atomic E-state index is 0.231. The molecule has 1 rings (SSSR count). The Morgan fingerprint density at radius 3 is 2.62 bits per heavy atom. The van der Waals surface area contributed by atoms with Crippen LogP contribution in [0.25, 0.3) is 0 Å². The number of hydrogen-bond acceptors (Lipinski definition) is 3. The maximum absolute atomic E-state index is 10.5. The van der Waals surface area contributed by atoms with Gasteiger partial charge >= 0.3 is 5.97 Å². The monoisotopic (exact) mass is 179 g/mol. The van der Waals surface area contributed by atoms with Crippen LogP contribution < -0.4 is 5.73 Å². The number of nitrogens with two attached hydrogens (primary N) is 1. The van der Waals surface area contributed by atoms with Crippen LogP contribution in [0, 0.1) is 0 Å². The van der Waals surface area contributed by atoms with Crippen molar-refractivity contribution in [2.45, 2.75) is 13.0 Å². The highest BCUT2D eigenvalue weighted by Crippen LogP contribution is 2.09. The third-order valence-electron chi connectivity index (χ3n) is 1.69. The van der Waals surface area contributed by atoms with E-state index in [0.717, 1.165) is 5.56 Å². The lowest BCUT2D eigenvalue weighted by atomic mass is 10.1. The van der Waals surface area contributed by atoms with E-state index in [2.05, 4.69) is 0 Å². The molecule has 0 heterocycles. The van der Waals surface area contributed by atoms with Crippen LogP contribution in [0.15, 0.2) is 30.3 Å². The second-order valence-electron chi connectivity index (χ2n) is 2.82. The lowest BCUT2D eigenvalue weighted by Crippen LogP contribution is -2.18. The zero-order valence-corrected chi connectivity index (χ0v) is 7.57. The van der Waals surface area contributed by atoms with Crippen molar-refractivity contribution in [2.24, 2.45) is 5.73 Å². The summed E-state index contributed by atoms with van der Waals surface area (Å²) < 4.78 is 4.79. The zero-order chi connectivity index (χ0) is 9.68. The lowest BCUT2D eigenvalue weighted by Gasteiger charge is -2.10. The lowest BCUT2D eigenvalue weighted by molar-refractivity contribution is -0.141. The first-order chi connectivity index (χ1) is 6.20. The Morgan fingerprint density at radius 1 is 1.46 bits per heavy atom. The molecule has 0 amide bonds. The Bertz CT molecular complexity index is 272. The molecule has 0 bridgehead atoms. The minimum atomic E-state index is -0.300. The van der Waals surface area contributed by atoms with E-state index in [4.69, 9.17) is 10.5 Å². The molecule has 2 N–H and O–H groups in total. The van der Waals surface area contributed by atoms with Gasteiger partial charge < -0.3 is 10.5 Å². The molecule has 0 aliphatic heterocycles. The maximum Gasteiger partial charge on any atom is 0.302 e. The third-order valence-corrected chi connectivity index (χ3v) is 1.69. The highest BCUT2D eigenvalue weighted by molar-refractivity contribution is 5.65. The average molecular weight is 179 g/mol. The van der Waals surface area contributed by atoms with Crippen molar-refractivity contribution >= 4 is 5.97 Å². The van der Waals surface area contributed by atoms with Gasteiger partial charge in [-0.2, -0.15) is 0 Å². The standard InChI is InChI=1S/C10H13NO2/c1-8(12)13-7-10(11)9-5-3-2-4-6-9/h2-6,10H,7,11H2,1H3/t10-/m1/s1. The van der Waals surface area contributed by atoms with Crippen molar-refractivity contribution in [1.29, 1.82) is 0 Å². The fraction of sp³-hybridized carbons (Fsp3) is 0.300. The fourth-order valence-electron chi connectivity index (χ4n) is 1.00. The summed E-state index contributed by atoms with van der Waals surface area (Å²) in [6.07, 6.45) is 0. The first-order valence-corrected chi connectivity index (χ1v) is 4.14. The molecule has 3 heteroatoms. The van der Waals surface area contributed by atoms with Gasteiger partial charge in [0.1, 0.15) is 6.61 Å². The number of carbonyl (C=O) groups is 1. The molecule has 1 aromatic rings. The van der Waals surface area contributed by atoms with E-state index in [1.807, 2.05) is 30.3 Å². The molecular weight excluding hydrogens is 166 g/mol. The largest absolute Gasteiger partial charge is 0.464 e. The van der Waals surface area contributed by atoms with Crippen LogP contribution >= 0.6 is 0 Å². The number of benzene rings is 1. The van der Waals surface area contributed by atoms with Crippen LogP contribution in [0.3, 0.4) is 0 Å². The van der Waals surface area contributed by atoms with Crippen molar-refractivity contribution in [3.8, 4) is 0 Å². The van der Waals surface area contributed by atoms with Crippen molar-refractivity contribution in [1.82, 2.24) is 0 Å². The summed E-state index contributed by atoms with van der Waals surface area (Å²) in [6, 6.07) is 9.32. The van der Waals surface area contributed by atoms with E-state index in [-0.39, 0.29) is 18.6 Å². The van der Waals surface area contributed by atoms with E-state index < -0.39 is 0 Å². The maximum atomic E-state index is 10.5. The summed E-state index contributed by atoms with van der Waals surface area (Å²) in [6.45, 7) is 1.61. The number of esters is 1. The topological polar surface area (TPSA) is 52.3 Å². The van der Waals surface area contributed by atoms with Crippen LogP contribution in [0.5, 0.6) is 0 Å². The van der Waals surface area contributed by atoms with Gasteiger partial charge in [0.05, 0.1) is 6.04 Å². The summed E-state index contributed by atoms with van der Waals surface area (Å²) in [5, 5.41) is 0. The quantitative estimate of drug-likeness (QED) is 0.710. The van der Waals surface area contributed by atoms with Crippen molar-refractivity contribution in [2.75, 3.05) is 6.61 Å². The number of rotatable bonds is 3. The second-order valence-corrected chi connectivity index (χ2v) is 2.82. The molecular formula is C10H13NO2. The molecule has 0 saturated heterocycles. The van der Waals surface area contributed by atoms with Crippen LogP contribution in [0.2, 0.25) is 0 Å². The molecule has 1 atom stereocenters. The van der Waals surface area contributed by atoms with Crippen molar-refractivity contribution in [3.05, 3.63) is 35.9 Å². The summed E-state index contributed by atoms with van der Waals surface area (Å²) in [4.78, 5) is 10.5. The molecule has 0 fully saturated rings. The van der Waals surface area contributed by atoms with E-state index in [1.165, 1.54) is 6.92 Å². The molecule has 0 saturated carbocycles. The number of ether oxygens (including phenoxy) is 1. The van der Waals surface area contributed by atoms with Gasteiger partial charge in [-0.25, -0.2) is 0 Å². The predicted molar refractivity (Wildman–Crippen MR) is 50.0 cm³/mol. The Kier molecular flexibility index (Phi) is 3.46. The third kappa shape index (κ3) is 3.25. The van der Waals surface area contributed by atoms with Crippen LogP contribution in [0.1, 0.15) is 18.5 Å². The van der Waals surface area contributed by atoms with Crippen LogP contribution in [-0.2, 0) is 9.53 Å². The van der Waals surface area contributed by atoms with Gasteiger partial charge in [0.15, 0.2) is 0 Å². The Morgan fingerprint density at radius 2 is 2.08 bits per heavy atom. The van der Waals surface area contributed by atoms with Crippen LogP contribution in [-0.4, -0.2) is 12.6 Å². The van der Waals surface area contributed by atoms with E-state index in [1.54, 1.807) is 0 Å². The van der Waals surface area contributed by atoms with Gasteiger partial charge in [0.25, 0.3) is 0 Å². The van der Waals surface area contributed by atoms with E-state index >= 15 is 0 Å². The summed E-state index contributed by atoms with van der Waals surface area (Å²) in [7, 11) is 0. The molecule has 0 radical (unpaired) electrons. The first kappa shape index (κ1) is 9.74. The Hall–Kier alpha value is -1.35. The summed E-state index contributed by atoms with van der Waals surface area (Å²) >= 11 is 0. The van der Waals surface area contributed by atoms with Gasteiger partial charge in [-0.15, -0.1) is 0 Å². The molecule has 0 unspecified atom stereocenters. The molecule has 0 aromatic heterocycles. The van der Waals surface area contributed by atoms with Crippen molar-refractivity contribution < 1.29 is 9.53 Å². The molecule has 0 spiro atoms. The molecule has 13 heavy (non-hydrogen) atoms. The highest BCUT2D eigenvalue weighted by Gasteiger charge is 2.06. The number of carbonyl (C=O) groups excluding carboxylic acids is 1. The predicted octanol–water partition coefficient (Wildman–Crippen LogP) is 1.25. The van der Waals surface area contributed by atoms with Gasteiger partial charge in [0.2, 0.25) is 0 Å². The average Bonchev–Trinajstić information content (AvgIpc) is 2.15. The number of hydrogen-bond donors (Lipinski definition) is 1. The molecule has 0 aliphatic rings.